The molecule has 0 bridgehead atoms. The van der Waals surface area contributed by atoms with Crippen molar-refractivity contribution in [3.63, 3.8) is 0 Å². The molecule has 0 atom stereocenters. The lowest BCUT2D eigenvalue weighted by Crippen LogP contribution is -1.93. The van der Waals surface area contributed by atoms with E-state index in [1.807, 2.05) is 36.4 Å². The zero-order valence-corrected chi connectivity index (χ0v) is 32.2. The quantitative estimate of drug-likeness (QED) is 0.0637. The lowest BCUT2D eigenvalue weighted by Gasteiger charge is -2.13. The summed E-state index contributed by atoms with van der Waals surface area (Å²) >= 11 is 0. The van der Waals surface area contributed by atoms with E-state index in [1.165, 1.54) is 0 Å². The highest BCUT2D eigenvalue weighted by molar-refractivity contribution is 5.53. The predicted octanol–water partition coefficient (Wildman–Crippen LogP) is 11.6. The Morgan fingerprint density at radius 2 is 0.400 bits per heavy atom. The van der Waals surface area contributed by atoms with Crippen molar-refractivity contribution in [2.24, 2.45) is 0 Å². The first-order chi connectivity index (χ1) is 29.1. The zero-order chi connectivity index (χ0) is 41.8. The summed E-state index contributed by atoms with van der Waals surface area (Å²) in [6, 6.07) is 53.6. The van der Waals surface area contributed by atoms with E-state index >= 15 is 0 Å². The molecule has 0 aliphatic heterocycles. The van der Waals surface area contributed by atoms with Crippen molar-refractivity contribution in [2.75, 3.05) is 34.4 Å². The first-order valence-electron chi connectivity index (χ1n) is 18.6. The zero-order valence-electron chi connectivity index (χ0n) is 32.2. The van der Waals surface area contributed by atoms with Gasteiger partial charge in [-0.15, -0.1) is 0 Å². The number of hydrogen-bond acceptors (Lipinski definition) is 12. The molecule has 0 radical (unpaired) electrons. The maximum atomic E-state index is 5.97. The summed E-state index contributed by atoms with van der Waals surface area (Å²) in [7, 11) is 0. The molecule has 0 saturated carbocycles. The second-order valence-electron chi connectivity index (χ2n) is 13.3. The van der Waals surface area contributed by atoms with Crippen LogP contribution in [0, 0.1) is 0 Å². The monoisotopic (exact) mass is 798 g/mol. The van der Waals surface area contributed by atoms with Crippen molar-refractivity contribution < 1.29 is 28.4 Å². The Morgan fingerprint density at radius 1 is 0.183 bits per heavy atom. The molecule has 0 spiro atoms. The van der Waals surface area contributed by atoms with Crippen molar-refractivity contribution in [1.82, 2.24) is 0 Å². The highest BCUT2D eigenvalue weighted by Gasteiger charge is 2.11. The summed E-state index contributed by atoms with van der Waals surface area (Å²) in [5, 5.41) is 0. The standard InChI is InChI=1S/2C24H21N3O3/c25-16-1-7-19(8-2-16)28-22-13-23(29-20-9-3-17(26)4-10-20)15-24(14-22)30-21-11-5-18(27)6-12-21;25-16-4-1-7-19(10-16)28-22-13-23(29-20-8-2-5-17(26)11-20)15-24(14-22)30-21-9-3-6-18(27)12-21/h2*1-15H,25-27H2. The Balaban J connectivity index is 0.000000181. The summed E-state index contributed by atoms with van der Waals surface area (Å²) in [6.45, 7) is 0. The van der Waals surface area contributed by atoms with Crippen molar-refractivity contribution in [2.45, 2.75) is 0 Å². The minimum absolute atomic E-state index is 0.529. The Kier molecular flexibility index (Phi) is 12.2. The predicted molar refractivity (Wildman–Crippen MR) is 238 cm³/mol. The van der Waals surface area contributed by atoms with Gasteiger partial charge in [0.15, 0.2) is 0 Å². The fourth-order valence-electron chi connectivity index (χ4n) is 5.60. The van der Waals surface area contributed by atoms with E-state index in [2.05, 4.69) is 0 Å². The number of ether oxygens (including phenoxy) is 6. The molecule has 8 aromatic rings. The Morgan fingerprint density at radius 3 is 0.617 bits per heavy atom. The van der Waals surface area contributed by atoms with Crippen molar-refractivity contribution in [1.29, 1.82) is 0 Å². The second-order valence-corrected chi connectivity index (χ2v) is 13.3. The van der Waals surface area contributed by atoms with Gasteiger partial charge in [-0.2, -0.15) is 0 Å². The number of anilines is 6. The normalized spacial score (nSPS) is 10.4. The first-order valence-corrected chi connectivity index (χ1v) is 18.6. The Labute approximate surface area is 347 Å². The molecule has 0 heterocycles. The summed E-state index contributed by atoms with van der Waals surface area (Å²) in [6.07, 6.45) is 0. The summed E-state index contributed by atoms with van der Waals surface area (Å²) in [4.78, 5) is 0. The number of benzene rings is 8. The van der Waals surface area contributed by atoms with Gasteiger partial charge in [-0.3, -0.25) is 0 Å². The number of nitrogens with two attached hydrogens (primary N) is 6. The molecule has 12 heteroatoms. The maximum absolute atomic E-state index is 5.97. The van der Waals surface area contributed by atoms with Gasteiger partial charge in [-0.05, 0) is 109 Å². The van der Waals surface area contributed by atoms with E-state index in [1.54, 1.807) is 146 Å². The van der Waals surface area contributed by atoms with Crippen LogP contribution >= 0.6 is 0 Å². The summed E-state index contributed by atoms with van der Waals surface area (Å²) in [5.74, 6) is 6.99. The van der Waals surface area contributed by atoms with Crippen molar-refractivity contribution in [3.8, 4) is 69.0 Å². The lowest BCUT2D eigenvalue weighted by atomic mass is 10.2. The van der Waals surface area contributed by atoms with Gasteiger partial charge in [0, 0.05) is 88.7 Å². The van der Waals surface area contributed by atoms with Gasteiger partial charge < -0.3 is 62.8 Å². The summed E-state index contributed by atoms with van der Waals surface area (Å²) in [5.41, 5.74) is 38.6. The van der Waals surface area contributed by atoms with Crippen LogP contribution in [0.4, 0.5) is 34.1 Å². The SMILES string of the molecule is Nc1ccc(Oc2cc(Oc3ccc(N)cc3)cc(Oc3ccc(N)cc3)c2)cc1.Nc1cccc(Oc2cc(Oc3cccc(N)c3)cc(Oc3cccc(N)c3)c2)c1. The molecule has 60 heavy (non-hydrogen) atoms. The number of rotatable bonds is 12. The van der Waals surface area contributed by atoms with Gasteiger partial charge >= 0.3 is 0 Å². The smallest absolute Gasteiger partial charge is 0.134 e. The van der Waals surface area contributed by atoms with Gasteiger partial charge in [-0.25, -0.2) is 0 Å². The highest BCUT2D eigenvalue weighted by atomic mass is 16.5. The molecule has 12 nitrogen and oxygen atoms in total. The van der Waals surface area contributed by atoms with Gasteiger partial charge in [0.25, 0.3) is 0 Å². The van der Waals surface area contributed by atoms with Crippen LogP contribution in [0.5, 0.6) is 69.0 Å². The molecule has 0 amide bonds. The van der Waals surface area contributed by atoms with Crippen molar-refractivity contribution >= 4 is 34.1 Å². The van der Waals surface area contributed by atoms with Crippen LogP contribution < -0.4 is 62.8 Å². The molecule has 300 valence electrons. The minimum Gasteiger partial charge on any atom is -0.457 e. The van der Waals surface area contributed by atoms with E-state index in [9.17, 15) is 0 Å². The fraction of sp³-hybridized carbons (Fsp3) is 0. The lowest BCUT2D eigenvalue weighted by molar-refractivity contribution is 0.439. The van der Waals surface area contributed by atoms with E-state index in [0.717, 1.165) is 0 Å². The second kappa shape index (κ2) is 18.5. The van der Waals surface area contributed by atoms with Crippen LogP contribution in [-0.4, -0.2) is 0 Å². The molecule has 0 aromatic heterocycles. The summed E-state index contributed by atoms with van der Waals surface area (Å²) < 4.78 is 35.8. The largest absolute Gasteiger partial charge is 0.457 e. The highest BCUT2D eigenvalue weighted by Crippen LogP contribution is 2.38. The molecule has 8 aromatic carbocycles. The molecule has 0 aliphatic carbocycles. The van der Waals surface area contributed by atoms with E-state index in [4.69, 9.17) is 62.8 Å². The molecule has 0 unspecified atom stereocenters. The number of hydrogen-bond donors (Lipinski definition) is 6. The van der Waals surface area contributed by atoms with Gasteiger partial charge in [0.1, 0.15) is 69.0 Å². The molecular formula is C48H42N6O6. The number of nitrogen functional groups attached to an aromatic ring is 6. The third-order valence-electron chi connectivity index (χ3n) is 8.34. The van der Waals surface area contributed by atoms with E-state index in [-0.39, 0.29) is 0 Å². The first kappa shape index (κ1) is 39.6. The fourth-order valence-corrected chi connectivity index (χ4v) is 5.60. The molecule has 0 fully saturated rings. The average Bonchev–Trinajstić information content (AvgIpc) is 3.21. The maximum Gasteiger partial charge on any atom is 0.134 e. The molecule has 8 rings (SSSR count). The van der Waals surface area contributed by atoms with E-state index in [0.29, 0.717) is 103 Å². The van der Waals surface area contributed by atoms with E-state index < -0.39 is 0 Å². The molecular weight excluding hydrogens is 757 g/mol. The van der Waals surface area contributed by atoms with Crippen LogP contribution in [0.3, 0.4) is 0 Å². The topological polar surface area (TPSA) is 212 Å². The van der Waals surface area contributed by atoms with Crippen LogP contribution in [0.1, 0.15) is 0 Å². The van der Waals surface area contributed by atoms with Gasteiger partial charge in [0.2, 0.25) is 0 Å². The average molecular weight is 799 g/mol. The van der Waals surface area contributed by atoms with Crippen LogP contribution in [0.25, 0.3) is 0 Å². The van der Waals surface area contributed by atoms with Crippen molar-refractivity contribution in [3.05, 3.63) is 182 Å². The van der Waals surface area contributed by atoms with Crippen LogP contribution in [0.2, 0.25) is 0 Å². The van der Waals surface area contributed by atoms with Crippen LogP contribution in [0.15, 0.2) is 182 Å². The molecule has 12 N–H and O–H groups in total. The van der Waals surface area contributed by atoms with Crippen LogP contribution in [-0.2, 0) is 0 Å². The van der Waals surface area contributed by atoms with Gasteiger partial charge in [0.05, 0.1) is 0 Å². The minimum atomic E-state index is 0.529. The third kappa shape index (κ3) is 11.7. The molecule has 0 saturated heterocycles. The molecule has 0 aliphatic rings. The third-order valence-corrected chi connectivity index (χ3v) is 8.34. The van der Waals surface area contributed by atoms with Gasteiger partial charge in [-0.1, -0.05) is 18.2 Å². The Hall–Kier alpha value is -8.64. The Bertz CT molecular complexity index is 2360.